The largest absolute Gasteiger partial charge is 0.479 e. The maximum Gasteiger partial charge on any atom is 0.479 e. The van der Waals surface area contributed by atoms with Crippen molar-refractivity contribution in [2.45, 2.75) is 12.5 Å². The van der Waals surface area contributed by atoms with E-state index in [4.69, 9.17) is 4.74 Å². The van der Waals surface area contributed by atoms with Crippen LogP contribution in [0.15, 0.2) is 0 Å². The lowest BCUT2D eigenvalue weighted by molar-refractivity contribution is -0.283. The van der Waals surface area contributed by atoms with Crippen LogP contribution >= 0.6 is 0 Å². The summed E-state index contributed by atoms with van der Waals surface area (Å²) in [6, 6.07) is 0. The highest BCUT2D eigenvalue weighted by Crippen LogP contribution is 2.21. The molecule has 0 aromatic carbocycles. The van der Waals surface area contributed by atoms with Gasteiger partial charge in [-0.1, -0.05) is 0 Å². The number of halogens is 3. The van der Waals surface area contributed by atoms with Gasteiger partial charge in [0.05, 0.1) is 13.2 Å². The van der Waals surface area contributed by atoms with Crippen LogP contribution < -0.4 is 10.7 Å². The Morgan fingerprint density at radius 1 is 1.57 bits per heavy atom. The summed E-state index contributed by atoms with van der Waals surface area (Å²) < 4.78 is 41.7. The van der Waals surface area contributed by atoms with Crippen LogP contribution in [0.4, 0.5) is 13.2 Å². The van der Waals surface area contributed by atoms with Crippen LogP contribution in [0.25, 0.3) is 0 Å². The second-order valence-electron chi connectivity index (χ2n) is 2.63. The highest BCUT2D eigenvalue weighted by atomic mass is 19.4. The number of alkyl halides is 3. The van der Waals surface area contributed by atoms with Gasteiger partial charge < -0.3 is 4.74 Å². The SMILES string of the molecule is O=CNN(C1COCCN1)C(F)(F)F. The van der Waals surface area contributed by atoms with Gasteiger partial charge in [0.2, 0.25) is 6.41 Å². The van der Waals surface area contributed by atoms with Crippen LogP contribution in [0.3, 0.4) is 0 Å². The van der Waals surface area contributed by atoms with Crippen LogP contribution in [0.2, 0.25) is 0 Å². The third-order valence-electron chi connectivity index (χ3n) is 1.68. The molecule has 5 nitrogen and oxygen atoms in total. The quantitative estimate of drug-likeness (QED) is 0.374. The zero-order valence-electron chi connectivity index (χ0n) is 7.17. The number of carbonyl (C=O) groups is 1. The fourth-order valence-electron chi connectivity index (χ4n) is 1.11. The Balaban J connectivity index is 2.60. The average molecular weight is 213 g/mol. The minimum absolute atomic E-state index is 0.0240. The van der Waals surface area contributed by atoms with Crippen molar-refractivity contribution in [3.8, 4) is 0 Å². The Kier molecular flexibility index (Phi) is 3.67. The highest BCUT2D eigenvalue weighted by Gasteiger charge is 2.43. The van der Waals surface area contributed by atoms with Crippen molar-refractivity contribution in [1.29, 1.82) is 0 Å². The zero-order valence-corrected chi connectivity index (χ0v) is 7.17. The van der Waals surface area contributed by atoms with Crippen molar-refractivity contribution in [2.75, 3.05) is 19.8 Å². The van der Waals surface area contributed by atoms with Gasteiger partial charge in [0.15, 0.2) is 0 Å². The lowest BCUT2D eigenvalue weighted by Gasteiger charge is -2.34. The number of carbonyl (C=O) groups excluding carboxylic acids is 1. The molecular weight excluding hydrogens is 203 g/mol. The van der Waals surface area contributed by atoms with E-state index in [0.29, 0.717) is 13.2 Å². The van der Waals surface area contributed by atoms with Gasteiger partial charge in [-0.25, -0.2) is 0 Å². The van der Waals surface area contributed by atoms with Crippen molar-refractivity contribution in [2.24, 2.45) is 0 Å². The van der Waals surface area contributed by atoms with Gasteiger partial charge >= 0.3 is 6.30 Å². The van der Waals surface area contributed by atoms with Crippen molar-refractivity contribution >= 4 is 6.41 Å². The fraction of sp³-hybridized carbons (Fsp3) is 0.833. The van der Waals surface area contributed by atoms with E-state index in [2.05, 4.69) is 5.32 Å². The predicted octanol–water partition coefficient (Wildman–Crippen LogP) is -0.585. The van der Waals surface area contributed by atoms with Crippen molar-refractivity contribution in [1.82, 2.24) is 15.8 Å². The number of amides is 1. The molecule has 0 aromatic heterocycles. The maximum absolute atomic E-state index is 12.3. The molecule has 1 aliphatic rings. The van der Waals surface area contributed by atoms with Gasteiger partial charge in [0.25, 0.3) is 0 Å². The lowest BCUT2D eigenvalue weighted by atomic mass is 10.4. The van der Waals surface area contributed by atoms with Gasteiger partial charge in [-0.2, -0.15) is 13.2 Å². The first-order valence-corrected chi connectivity index (χ1v) is 3.92. The molecule has 0 aliphatic carbocycles. The summed E-state index contributed by atoms with van der Waals surface area (Å²) in [4.78, 5) is 9.98. The summed E-state index contributed by atoms with van der Waals surface area (Å²) in [7, 11) is 0. The normalized spacial score (nSPS) is 23.6. The van der Waals surface area contributed by atoms with E-state index in [-0.39, 0.29) is 18.0 Å². The van der Waals surface area contributed by atoms with Crippen molar-refractivity contribution < 1.29 is 22.7 Å². The number of nitrogens with one attached hydrogen (secondary N) is 2. The molecule has 14 heavy (non-hydrogen) atoms. The van der Waals surface area contributed by atoms with E-state index in [1.165, 1.54) is 0 Å². The van der Waals surface area contributed by atoms with Crippen molar-refractivity contribution in [3.63, 3.8) is 0 Å². The first-order chi connectivity index (χ1) is 6.55. The minimum Gasteiger partial charge on any atom is -0.377 e. The Labute approximate surface area is 78.2 Å². The van der Waals surface area contributed by atoms with E-state index < -0.39 is 12.5 Å². The van der Waals surface area contributed by atoms with Crippen LogP contribution in [0.1, 0.15) is 0 Å². The maximum atomic E-state index is 12.3. The highest BCUT2D eigenvalue weighted by molar-refractivity contribution is 5.45. The third kappa shape index (κ3) is 2.82. The number of rotatable bonds is 3. The Morgan fingerprint density at radius 2 is 2.29 bits per heavy atom. The monoisotopic (exact) mass is 213 g/mol. The molecule has 0 spiro atoms. The molecule has 0 radical (unpaired) electrons. The molecule has 1 heterocycles. The van der Waals surface area contributed by atoms with Gasteiger partial charge in [-0.15, -0.1) is 5.01 Å². The topological polar surface area (TPSA) is 53.6 Å². The number of hydrogen-bond donors (Lipinski definition) is 2. The molecular formula is C6H10F3N3O2. The molecule has 0 aromatic rings. The van der Waals surface area contributed by atoms with Gasteiger partial charge in [0, 0.05) is 6.54 Å². The fourth-order valence-corrected chi connectivity index (χ4v) is 1.11. The lowest BCUT2D eigenvalue weighted by Crippen LogP contribution is -2.62. The number of ether oxygens (including phenoxy) is 1. The third-order valence-corrected chi connectivity index (χ3v) is 1.68. The first kappa shape index (κ1) is 11.2. The van der Waals surface area contributed by atoms with E-state index in [0.717, 1.165) is 0 Å². The van der Waals surface area contributed by atoms with E-state index >= 15 is 0 Å². The number of hydrogen-bond acceptors (Lipinski definition) is 4. The second kappa shape index (κ2) is 4.58. The molecule has 1 amide bonds. The van der Waals surface area contributed by atoms with Gasteiger partial charge in [-0.3, -0.25) is 15.5 Å². The summed E-state index contributed by atoms with van der Waals surface area (Å²) in [5.74, 6) is 0. The van der Waals surface area contributed by atoms with E-state index in [1.807, 2.05) is 0 Å². The summed E-state index contributed by atoms with van der Waals surface area (Å²) in [5.41, 5.74) is 1.58. The zero-order chi connectivity index (χ0) is 10.6. The summed E-state index contributed by atoms with van der Waals surface area (Å²) >= 11 is 0. The second-order valence-corrected chi connectivity index (χ2v) is 2.63. The number of morpholine rings is 1. The standard InChI is InChI=1S/C6H10F3N3O2/c7-6(8,9)12(11-4-13)5-3-14-2-1-10-5/h4-5,10H,1-3H2,(H,11,13). The molecule has 0 bridgehead atoms. The molecule has 1 aliphatic heterocycles. The van der Waals surface area contributed by atoms with Crippen LogP contribution in [0, 0.1) is 0 Å². The van der Waals surface area contributed by atoms with Crippen LogP contribution in [0.5, 0.6) is 0 Å². The predicted molar refractivity (Wildman–Crippen MR) is 39.7 cm³/mol. The average Bonchev–Trinajstić information content (AvgIpc) is 2.14. The first-order valence-electron chi connectivity index (χ1n) is 3.92. The molecule has 1 rings (SSSR count). The molecule has 1 unspecified atom stereocenters. The Morgan fingerprint density at radius 3 is 2.71 bits per heavy atom. The molecule has 8 heteroatoms. The molecule has 82 valence electrons. The number of hydrazine groups is 1. The smallest absolute Gasteiger partial charge is 0.377 e. The van der Waals surface area contributed by atoms with E-state index in [9.17, 15) is 18.0 Å². The molecule has 2 N–H and O–H groups in total. The van der Waals surface area contributed by atoms with Gasteiger partial charge in [0.1, 0.15) is 6.17 Å². The molecule has 1 atom stereocenters. The molecule has 1 saturated heterocycles. The Bertz CT molecular complexity index is 193. The summed E-state index contributed by atoms with van der Waals surface area (Å²) in [6.07, 6.45) is -5.72. The Hall–Kier alpha value is -0.860. The number of nitrogens with zero attached hydrogens (tertiary/aromatic N) is 1. The van der Waals surface area contributed by atoms with Gasteiger partial charge in [-0.05, 0) is 0 Å². The van der Waals surface area contributed by atoms with Crippen LogP contribution in [-0.2, 0) is 9.53 Å². The molecule has 0 saturated carbocycles. The van der Waals surface area contributed by atoms with E-state index in [1.54, 1.807) is 5.43 Å². The summed E-state index contributed by atoms with van der Waals surface area (Å²) in [5, 5.41) is 2.44. The van der Waals surface area contributed by atoms with Crippen LogP contribution in [-0.4, -0.2) is 43.6 Å². The van der Waals surface area contributed by atoms with Crippen molar-refractivity contribution in [3.05, 3.63) is 0 Å². The summed E-state index contributed by atoms with van der Waals surface area (Å²) in [6.45, 7) is 0.557. The minimum atomic E-state index is -4.63. The molecule has 1 fully saturated rings.